The minimum atomic E-state index is -0.716. The predicted molar refractivity (Wildman–Crippen MR) is 135 cm³/mol. The van der Waals surface area contributed by atoms with Crippen LogP contribution in [0.15, 0.2) is 91.1 Å². The third kappa shape index (κ3) is 4.55. The zero-order chi connectivity index (χ0) is 24.2. The second kappa shape index (κ2) is 9.89. The van der Waals surface area contributed by atoms with E-state index in [4.69, 9.17) is 0 Å². The molecule has 35 heavy (non-hydrogen) atoms. The number of carbonyl (C=O) groups excluding carboxylic acids is 3. The van der Waals surface area contributed by atoms with E-state index in [1.807, 2.05) is 66.7 Å². The van der Waals surface area contributed by atoms with E-state index in [9.17, 15) is 14.4 Å². The summed E-state index contributed by atoms with van der Waals surface area (Å²) in [5.74, 6) is -0.563. The number of piperidine rings is 1. The molecular formula is C29H25N3O3. The number of Topliss-reactive ketones (excluding diaryl/α,β-unsaturated/α-hetero) is 1. The van der Waals surface area contributed by atoms with Gasteiger partial charge in [-0.1, -0.05) is 66.7 Å². The topological polar surface area (TPSA) is 79.4 Å². The first-order valence-corrected chi connectivity index (χ1v) is 11.7. The Kier molecular flexibility index (Phi) is 6.35. The number of ketones is 1. The summed E-state index contributed by atoms with van der Waals surface area (Å²) in [6.45, 7) is 0.518. The second-order valence-corrected chi connectivity index (χ2v) is 8.59. The smallest absolute Gasteiger partial charge is 0.255 e. The molecule has 6 heteroatoms. The van der Waals surface area contributed by atoms with Gasteiger partial charge in [0.1, 0.15) is 6.04 Å². The predicted octanol–water partition coefficient (Wildman–Crippen LogP) is 4.51. The van der Waals surface area contributed by atoms with Gasteiger partial charge in [0.15, 0.2) is 5.78 Å². The van der Waals surface area contributed by atoms with E-state index < -0.39 is 6.04 Å². The van der Waals surface area contributed by atoms with Crippen LogP contribution >= 0.6 is 0 Å². The largest absolute Gasteiger partial charge is 0.349 e. The molecule has 0 aliphatic carbocycles. The maximum absolute atomic E-state index is 13.7. The van der Waals surface area contributed by atoms with Gasteiger partial charge in [-0.25, -0.2) is 0 Å². The van der Waals surface area contributed by atoms with E-state index >= 15 is 0 Å². The molecule has 4 aromatic rings. The number of pyridine rings is 1. The molecule has 1 aromatic heterocycles. The van der Waals surface area contributed by atoms with Crippen LogP contribution in [0.5, 0.6) is 0 Å². The summed E-state index contributed by atoms with van der Waals surface area (Å²) in [5.41, 5.74) is 3.35. The van der Waals surface area contributed by atoms with Crippen LogP contribution in [0.1, 0.15) is 33.6 Å². The normalized spacial score (nSPS) is 15.7. The highest BCUT2D eigenvalue weighted by atomic mass is 16.2. The van der Waals surface area contributed by atoms with Crippen LogP contribution in [0, 0.1) is 0 Å². The summed E-state index contributed by atoms with van der Waals surface area (Å²) >= 11 is 0. The number of nitrogens with zero attached hydrogens (tertiary/aromatic N) is 2. The van der Waals surface area contributed by atoms with E-state index in [0.29, 0.717) is 36.0 Å². The fourth-order valence-electron chi connectivity index (χ4n) is 4.65. The summed E-state index contributed by atoms with van der Waals surface area (Å²) < 4.78 is 0. The Bertz CT molecular complexity index is 1400. The van der Waals surface area contributed by atoms with Crippen molar-refractivity contribution < 1.29 is 14.4 Å². The van der Waals surface area contributed by atoms with Crippen LogP contribution in [-0.4, -0.2) is 46.6 Å². The molecule has 1 atom stereocenters. The molecule has 1 N–H and O–H groups in total. The van der Waals surface area contributed by atoms with Crippen molar-refractivity contribution in [2.45, 2.75) is 18.9 Å². The SMILES string of the molecule is O=C(NCC1C(=O)CCCN1C(=O)c1ccccc1-c1ccccc1)c1cccc2cccnc12. The van der Waals surface area contributed by atoms with Crippen LogP contribution in [0.4, 0.5) is 0 Å². The molecule has 1 unspecified atom stereocenters. The number of benzene rings is 3. The van der Waals surface area contributed by atoms with Crippen molar-refractivity contribution in [1.82, 2.24) is 15.2 Å². The number of hydrogen-bond acceptors (Lipinski definition) is 4. The molecule has 0 saturated carbocycles. The van der Waals surface area contributed by atoms with Gasteiger partial charge in [0.25, 0.3) is 11.8 Å². The van der Waals surface area contributed by atoms with Crippen molar-refractivity contribution in [2.75, 3.05) is 13.1 Å². The lowest BCUT2D eigenvalue weighted by molar-refractivity contribution is -0.125. The molecular weight excluding hydrogens is 438 g/mol. The first kappa shape index (κ1) is 22.5. The number of nitrogens with one attached hydrogen (secondary N) is 1. The van der Waals surface area contributed by atoms with Crippen molar-refractivity contribution >= 4 is 28.5 Å². The first-order chi connectivity index (χ1) is 17.1. The molecule has 1 saturated heterocycles. The average molecular weight is 464 g/mol. The molecule has 2 heterocycles. The lowest BCUT2D eigenvalue weighted by Crippen LogP contribution is -2.54. The van der Waals surface area contributed by atoms with Gasteiger partial charge < -0.3 is 10.2 Å². The monoisotopic (exact) mass is 463 g/mol. The Morgan fingerprint density at radius 2 is 1.63 bits per heavy atom. The van der Waals surface area contributed by atoms with Crippen molar-refractivity contribution in [2.24, 2.45) is 0 Å². The van der Waals surface area contributed by atoms with Gasteiger partial charge in [0.2, 0.25) is 0 Å². The van der Waals surface area contributed by atoms with E-state index in [1.165, 1.54) is 0 Å². The molecule has 6 nitrogen and oxygen atoms in total. The molecule has 2 amide bonds. The molecule has 0 radical (unpaired) electrons. The first-order valence-electron chi connectivity index (χ1n) is 11.7. The minimum Gasteiger partial charge on any atom is -0.349 e. The molecule has 0 bridgehead atoms. The quantitative estimate of drug-likeness (QED) is 0.473. The van der Waals surface area contributed by atoms with Crippen molar-refractivity contribution in [3.05, 3.63) is 102 Å². The van der Waals surface area contributed by atoms with Gasteiger partial charge in [-0.3, -0.25) is 19.4 Å². The van der Waals surface area contributed by atoms with E-state index in [-0.39, 0.29) is 24.1 Å². The fourth-order valence-corrected chi connectivity index (χ4v) is 4.65. The zero-order valence-electron chi connectivity index (χ0n) is 19.2. The summed E-state index contributed by atoms with van der Waals surface area (Å²) in [6.07, 6.45) is 2.64. The Hall–Kier alpha value is -4.32. The summed E-state index contributed by atoms with van der Waals surface area (Å²) in [4.78, 5) is 45.6. The number of hydrogen-bond donors (Lipinski definition) is 1. The van der Waals surface area contributed by atoms with Gasteiger partial charge in [0.05, 0.1) is 11.1 Å². The highest BCUT2D eigenvalue weighted by Crippen LogP contribution is 2.26. The molecule has 3 aromatic carbocycles. The third-order valence-corrected chi connectivity index (χ3v) is 6.41. The van der Waals surface area contributed by atoms with Crippen LogP contribution in [0.3, 0.4) is 0 Å². The van der Waals surface area contributed by atoms with Crippen LogP contribution in [-0.2, 0) is 4.79 Å². The molecule has 1 fully saturated rings. The number of aromatic nitrogens is 1. The highest BCUT2D eigenvalue weighted by Gasteiger charge is 2.34. The zero-order valence-corrected chi connectivity index (χ0v) is 19.2. The van der Waals surface area contributed by atoms with Gasteiger partial charge in [0, 0.05) is 36.7 Å². The lowest BCUT2D eigenvalue weighted by atomic mass is 9.95. The van der Waals surface area contributed by atoms with Gasteiger partial charge in [-0.2, -0.15) is 0 Å². The number of para-hydroxylation sites is 1. The van der Waals surface area contributed by atoms with Crippen molar-refractivity contribution in [3.8, 4) is 11.1 Å². The third-order valence-electron chi connectivity index (χ3n) is 6.41. The molecule has 174 valence electrons. The van der Waals surface area contributed by atoms with E-state index in [0.717, 1.165) is 16.5 Å². The van der Waals surface area contributed by atoms with Crippen LogP contribution in [0.25, 0.3) is 22.0 Å². The van der Waals surface area contributed by atoms with Crippen LogP contribution in [0.2, 0.25) is 0 Å². The molecule has 0 spiro atoms. The van der Waals surface area contributed by atoms with Crippen LogP contribution < -0.4 is 5.32 Å². The maximum atomic E-state index is 13.7. The fraction of sp³-hybridized carbons (Fsp3) is 0.172. The molecule has 5 rings (SSSR count). The number of carbonyl (C=O) groups is 3. The lowest BCUT2D eigenvalue weighted by Gasteiger charge is -2.35. The summed E-state index contributed by atoms with van der Waals surface area (Å²) in [7, 11) is 0. The minimum absolute atomic E-state index is 0.0434. The van der Waals surface area contributed by atoms with Crippen molar-refractivity contribution in [3.63, 3.8) is 0 Å². The number of rotatable bonds is 5. The van der Waals surface area contributed by atoms with Crippen molar-refractivity contribution in [1.29, 1.82) is 0 Å². The summed E-state index contributed by atoms with van der Waals surface area (Å²) in [6, 6.07) is 25.6. The Labute approximate surface area is 203 Å². The second-order valence-electron chi connectivity index (χ2n) is 8.59. The highest BCUT2D eigenvalue weighted by molar-refractivity contribution is 6.06. The van der Waals surface area contributed by atoms with Gasteiger partial charge >= 0.3 is 0 Å². The van der Waals surface area contributed by atoms with Gasteiger partial charge in [-0.05, 0) is 35.7 Å². The molecule has 1 aliphatic heterocycles. The standard InChI is InChI=1S/C29H25N3O3/c33-26-16-8-18-32(29(35)23-14-5-4-13-22(23)20-9-2-1-3-10-20)25(26)19-31-28(34)24-15-6-11-21-12-7-17-30-27(21)24/h1-7,9-15,17,25H,8,16,18-19H2,(H,31,34). The Morgan fingerprint density at radius 3 is 2.49 bits per heavy atom. The van der Waals surface area contributed by atoms with E-state index in [2.05, 4.69) is 10.3 Å². The molecule has 1 aliphatic rings. The van der Waals surface area contributed by atoms with E-state index in [1.54, 1.807) is 29.3 Å². The Morgan fingerprint density at radius 1 is 0.886 bits per heavy atom. The average Bonchev–Trinajstić information content (AvgIpc) is 2.92. The number of amides is 2. The van der Waals surface area contributed by atoms with Gasteiger partial charge in [-0.15, -0.1) is 0 Å². The Balaban J connectivity index is 1.39. The number of fused-ring (bicyclic) bond motifs is 1. The summed E-state index contributed by atoms with van der Waals surface area (Å²) in [5, 5.41) is 3.74. The number of likely N-dealkylation sites (tertiary alicyclic amines) is 1. The maximum Gasteiger partial charge on any atom is 0.255 e.